The fourth-order valence-electron chi connectivity index (χ4n) is 4.26. The van der Waals surface area contributed by atoms with Crippen LogP contribution in [0.15, 0.2) is 45.6 Å². The molecule has 0 aliphatic heterocycles. The second-order valence-corrected chi connectivity index (χ2v) is 8.66. The van der Waals surface area contributed by atoms with Gasteiger partial charge < -0.3 is 24.8 Å². The Hall–Kier alpha value is -2.99. The van der Waals surface area contributed by atoms with Crippen molar-refractivity contribution in [2.45, 2.75) is 70.6 Å². The van der Waals surface area contributed by atoms with Crippen LogP contribution in [0.3, 0.4) is 0 Å². The molecule has 0 aliphatic carbocycles. The largest absolute Gasteiger partial charge is 0.508 e. The first-order chi connectivity index (χ1) is 16.0. The minimum absolute atomic E-state index is 0.0327. The van der Waals surface area contributed by atoms with Gasteiger partial charge in [-0.3, -0.25) is 4.79 Å². The number of phenols is 3. The zero-order valence-electron chi connectivity index (χ0n) is 19.1. The van der Waals surface area contributed by atoms with E-state index in [9.17, 15) is 20.1 Å². The standard InChI is InChI=1S/C27H34O6/c28-14-10-8-6-4-2-1-3-5-7-9-11-19-15-20(29)12-13-22(19)25-18-24(32)27-23(31)16-21(30)17-26(27)33-25/h12-13,15-18,28-31H,1-11,14H2. The molecule has 33 heavy (non-hydrogen) atoms. The Morgan fingerprint density at radius 1 is 0.697 bits per heavy atom. The highest BCUT2D eigenvalue weighted by molar-refractivity contribution is 5.86. The summed E-state index contributed by atoms with van der Waals surface area (Å²) >= 11 is 0. The molecule has 0 atom stereocenters. The highest BCUT2D eigenvalue weighted by Gasteiger charge is 2.15. The van der Waals surface area contributed by atoms with E-state index in [1.165, 1.54) is 44.2 Å². The van der Waals surface area contributed by atoms with Gasteiger partial charge in [0.1, 0.15) is 34.0 Å². The molecule has 0 amide bonds. The fraction of sp³-hybridized carbons (Fsp3) is 0.444. The van der Waals surface area contributed by atoms with Crippen molar-refractivity contribution < 1.29 is 24.8 Å². The summed E-state index contributed by atoms with van der Waals surface area (Å²) in [4.78, 5) is 12.6. The molecule has 0 aliphatic rings. The first-order valence-electron chi connectivity index (χ1n) is 11.9. The molecule has 0 bridgehead atoms. The maximum atomic E-state index is 12.6. The summed E-state index contributed by atoms with van der Waals surface area (Å²) in [5, 5.41) is 38.6. The number of phenolic OH excluding ortho intramolecular Hbond substituents is 3. The summed E-state index contributed by atoms with van der Waals surface area (Å²) in [7, 11) is 0. The van der Waals surface area contributed by atoms with Gasteiger partial charge in [0.25, 0.3) is 0 Å². The van der Waals surface area contributed by atoms with E-state index in [0.717, 1.165) is 55.7 Å². The van der Waals surface area contributed by atoms with Gasteiger partial charge in [0.15, 0.2) is 5.43 Å². The van der Waals surface area contributed by atoms with Crippen LogP contribution in [-0.2, 0) is 6.42 Å². The van der Waals surface area contributed by atoms with E-state index < -0.39 is 0 Å². The monoisotopic (exact) mass is 454 g/mol. The molecular formula is C27H34O6. The maximum absolute atomic E-state index is 12.6. The van der Waals surface area contributed by atoms with Crippen molar-refractivity contribution in [3.63, 3.8) is 0 Å². The molecule has 3 aromatic rings. The number of fused-ring (bicyclic) bond motifs is 1. The highest BCUT2D eigenvalue weighted by Crippen LogP contribution is 2.33. The van der Waals surface area contributed by atoms with E-state index in [1.807, 2.05) is 0 Å². The van der Waals surface area contributed by atoms with Crippen LogP contribution in [0, 0.1) is 0 Å². The van der Waals surface area contributed by atoms with Gasteiger partial charge >= 0.3 is 0 Å². The lowest BCUT2D eigenvalue weighted by atomic mass is 9.98. The van der Waals surface area contributed by atoms with E-state index in [1.54, 1.807) is 18.2 Å². The zero-order valence-corrected chi connectivity index (χ0v) is 19.1. The Labute approximate surface area is 194 Å². The van der Waals surface area contributed by atoms with Crippen LogP contribution in [0.4, 0.5) is 0 Å². The van der Waals surface area contributed by atoms with Gasteiger partial charge in [-0.15, -0.1) is 0 Å². The predicted molar refractivity (Wildman–Crippen MR) is 130 cm³/mol. The first kappa shape index (κ1) is 24.6. The van der Waals surface area contributed by atoms with Gasteiger partial charge in [0.05, 0.1) is 0 Å². The van der Waals surface area contributed by atoms with Crippen LogP contribution in [0.5, 0.6) is 17.2 Å². The molecule has 0 fully saturated rings. The number of unbranched alkanes of at least 4 members (excludes halogenated alkanes) is 9. The van der Waals surface area contributed by atoms with Gasteiger partial charge in [-0.05, 0) is 43.0 Å². The van der Waals surface area contributed by atoms with E-state index in [0.29, 0.717) is 12.4 Å². The molecule has 3 rings (SSSR count). The summed E-state index contributed by atoms with van der Waals surface area (Å²) in [6, 6.07) is 8.76. The third-order valence-corrected chi connectivity index (χ3v) is 6.00. The van der Waals surface area contributed by atoms with Crippen LogP contribution in [0.1, 0.15) is 69.8 Å². The van der Waals surface area contributed by atoms with Crippen molar-refractivity contribution in [1.29, 1.82) is 0 Å². The Bertz CT molecular complexity index is 1100. The molecule has 4 N–H and O–H groups in total. The molecule has 0 spiro atoms. The summed E-state index contributed by atoms with van der Waals surface area (Å²) in [5.41, 5.74) is 1.34. The molecule has 6 heteroatoms. The van der Waals surface area contributed by atoms with Crippen molar-refractivity contribution in [1.82, 2.24) is 0 Å². The quantitative estimate of drug-likeness (QED) is 0.235. The molecule has 0 radical (unpaired) electrons. The SMILES string of the molecule is O=c1cc(-c2ccc(O)cc2CCCCCCCCCCCCO)oc2cc(O)cc(O)c12. The number of benzene rings is 2. The van der Waals surface area contributed by atoms with Gasteiger partial charge in [0.2, 0.25) is 0 Å². The Kier molecular flexibility index (Phi) is 9.19. The van der Waals surface area contributed by atoms with Gasteiger partial charge in [-0.1, -0.05) is 51.4 Å². The van der Waals surface area contributed by atoms with E-state index in [2.05, 4.69) is 0 Å². The van der Waals surface area contributed by atoms with Crippen molar-refractivity contribution in [2.24, 2.45) is 0 Å². The maximum Gasteiger partial charge on any atom is 0.197 e. The Morgan fingerprint density at radius 3 is 2.00 bits per heavy atom. The third kappa shape index (κ3) is 6.99. The van der Waals surface area contributed by atoms with E-state index in [-0.39, 0.29) is 33.6 Å². The molecule has 178 valence electrons. The number of aliphatic hydroxyl groups excluding tert-OH is 1. The summed E-state index contributed by atoms with van der Waals surface area (Å²) in [5.74, 6) is -0.000140. The minimum Gasteiger partial charge on any atom is -0.508 e. The number of aliphatic hydroxyl groups is 1. The number of aryl methyl sites for hydroxylation is 1. The molecule has 2 aromatic carbocycles. The Balaban J connectivity index is 1.60. The smallest absolute Gasteiger partial charge is 0.197 e. The number of aromatic hydroxyl groups is 3. The van der Waals surface area contributed by atoms with Crippen LogP contribution in [0.2, 0.25) is 0 Å². The Morgan fingerprint density at radius 2 is 1.33 bits per heavy atom. The lowest BCUT2D eigenvalue weighted by Crippen LogP contribution is -2.02. The lowest BCUT2D eigenvalue weighted by molar-refractivity contribution is 0.282. The summed E-state index contributed by atoms with van der Waals surface area (Å²) < 4.78 is 5.86. The summed E-state index contributed by atoms with van der Waals surface area (Å²) in [6.45, 7) is 0.293. The van der Waals surface area contributed by atoms with Crippen molar-refractivity contribution in [2.75, 3.05) is 6.61 Å². The second-order valence-electron chi connectivity index (χ2n) is 8.66. The average Bonchev–Trinajstić information content (AvgIpc) is 2.76. The predicted octanol–water partition coefficient (Wildman–Crippen LogP) is 6.01. The van der Waals surface area contributed by atoms with Gasteiger partial charge in [-0.25, -0.2) is 0 Å². The first-order valence-corrected chi connectivity index (χ1v) is 11.9. The van der Waals surface area contributed by atoms with Crippen LogP contribution in [-0.4, -0.2) is 27.0 Å². The van der Waals surface area contributed by atoms with Crippen LogP contribution in [0.25, 0.3) is 22.3 Å². The second kappa shape index (κ2) is 12.3. The zero-order chi connectivity index (χ0) is 23.6. The number of rotatable bonds is 13. The molecule has 0 saturated heterocycles. The van der Waals surface area contributed by atoms with Gasteiger partial charge in [0, 0.05) is 30.4 Å². The molecule has 6 nitrogen and oxygen atoms in total. The number of hydrogen-bond acceptors (Lipinski definition) is 6. The molecular weight excluding hydrogens is 420 g/mol. The van der Waals surface area contributed by atoms with Crippen molar-refractivity contribution in [3.05, 3.63) is 52.2 Å². The van der Waals surface area contributed by atoms with Crippen LogP contribution < -0.4 is 5.43 Å². The van der Waals surface area contributed by atoms with Crippen molar-refractivity contribution >= 4 is 11.0 Å². The average molecular weight is 455 g/mol. The summed E-state index contributed by atoms with van der Waals surface area (Å²) in [6.07, 6.45) is 12.1. The van der Waals surface area contributed by atoms with Gasteiger partial charge in [-0.2, -0.15) is 0 Å². The minimum atomic E-state index is -0.390. The molecule has 0 unspecified atom stereocenters. The van der Waals surface area contributed by atoms with Crippen LogP contribution >= 0.6 is 0 Å². The normalized spacial score (nSPS) is 11.3. The highest BCUT2D eigenvalue weighted by atomic mass is 16.3. The third-order valence-electron chi connectivity index (χ3n) is 6.00. The fourth-order valence-corrected chi connectivity index (χ4v) is 4.26. The molecule has 0 saturated carbocycles. The number of hydrogen-bond donors (Lipinski definition) is 4. The topological polar surface area (TPSA) is 111 Å². The molecule has 1 heterocycles. The lowest BCUT2D eigenvalue weighted by Gasteiger charge is -2.11. The van der Waals surface area contributed by atoms with Crippen molar-refractivity contribution in [3.8, 4) is 28.6 Å². The molecule has 1 aromatic heterocycles. The van der Waals surface area contributed by atoms with E-state index in [4.69, 9.17) is 9.52 Å². The van der Waals surface area contributed by atoms with E-state index >= 15 is 0 Å².